The second kappa shape index (κ2) is 7.06. The zero-order valence-electron chi connectivity index (χ0n) is 11.9. The minimum Gasteiger partial charge on any atom is -0.387 e. The van der Waals surface area contributed by atoms with Gasteiger partial charge in [0, 0.05) is 19.1 Å². The van der Waals surface area contributed by atoms with Gasteiger partial charge in [0.05, 0.1) is 11.7 Å². The van der Waals surface area contributed by atoms with Gasteiger partial charge in [0.2, 0.25) is 0 Å². The summed E-state index contributed by atoms with van der Waals surface area (Å²) in [4.78, 5) is 2.02. The summed E-state index contributed by atoms with van der Waals surface area (Å²) in [5.74, 6) is 0. The summed E-state index contributed by atoms with van der Waals surface area (Å²) in [7, 11) is 3.88. The molecule has 0 aliphatic rings. The Morgan fingerprint density at radius 1 is 1.25 bits per heavy atom. The molecule has 114 valence electrons. The van der Waals surface area contributed by atoms with Gasteiger partial charge in [0.25, 0.3) is 0 Å². The molecule has 1 aromatic carbocycles. The third-order valence-electron chi connectivity index (χ3n) is 3.26. The van der Waals surface area contributed by atoms with Crippen molar-refractivity contribution in [1.29, 1.82) is 0 Å². The average Bonchev–Trinajstić information content (AvgIpc) is 2.37. The Labute approximate surface area is 117 Å². The number of nitrogens with zero attached hydrogens (tertiary/aromatic N) is 1. The molecule has 1 rings (SSSR count). The summed E-state index contributed by atoms with van der Waals surface area (Å²) < 4.78 is 37.7. The van der Waals surface area contributed by atoms with Gasteiger partial charge in [-0.1, -0.05) is 12.1 Å². The Balaban J connectivity index is 2.58. The molecule has 0 aliphatic heterocycles. The first-order valence-electron chi connectivity index (χ1n) is 6.44. The first-order chi connectivity index (χ1) is 9.21. The van der Waals surface area contributed by atoms with Crippen LogP contribution in [0.15, 0.2) is 24.3 Å². The molecule has 0 bridgehead atoms. The second-order valence-corrected chi connectivity index (χ2v) is 5.11. The van der Waals surface area contributed by atoms with E-state index in [4.69, 9.17) is 0 Å². The Hall–Kier alpha value is -1.11. The molecule has 0 aromatic heterocycles. The second-order valence-electron chi connectivity index (χ2n) is 5.11. The number of alkyl halides is 3. The minimum atomic E-state index is -4.39. The van der Waals surface area contributed by atoms with Gasteiger partial charge in [-0.25, -0.2) is 0 Å². The summed E-state index contributed by atoms with van der Waals surface area (Å²) in [6.07, 6.45) is -5.34. The topological polar surface area (TPSA) is 35.5 Å². The van der Waals surface area contributed by atoms with Crippen molar-refractivity contribution < 1.29 is 18.3 Å². The predicted molar refractivity (Wildman–Crippen MR) is 72.4 cm³/mol. The van der Waals surface area contributed by atoms with Crippen LogP contribution in [-0.4, -0.2) is 43.2 Å². The maximum Gasteiger partial charge on any atom is 0.416 e. The highest BCUT2D eigenvalue weighted by Gasteiger charge is 2.30. The van der Waals surface area contributed by atoms with Crippen molar-refractivity contribution in [2.24, 2.45) is 0 Å². The van der Waals surface area contributed by atoms with Crippen LogP contribution >= 0.6 is 0 Å². The van der Waals surface area contributed by atoms with E-state index in [0.717, 1.165) is 12.1 Å². The van der Waals surface area contributed by atoms with Crippen molar-refractivity contribution in [2.45, 2.75) is 25.2 Å². The quantitative estimate of drug-likeness (QED) is 0.844. The third-order valence-corrected chi connectivity index (χ3v) is 3.26. The molecule has 2 unspecified atom stereocenters. The van der Waals surface area contributed by atoms with Gasteiger partial charge in [0.1, 0.15) is 0 Å². The molecule has 0 amide bonds. The first-order valence-corrected chi connectivity index (χ1v) is 6.44. The molecule has 0 aliphatic carbocycles. The summed E-state index contributed by atoms with van der Waals surface area (Å²) in [5.41, 5.74) is -0.472. The van der Waals surface area contributed by atoms with Crippen LogP contribution in [0.3, 0.4) is 0 Å². The fourth-order valence-corrected chi connectivity index (χ4v) is 1.65. The van der Waals surface area contributed by atoms with Crippen molar-refractivity contribution in [3.63, 3.8) is 0 Å². The van der Waals surface area contributed by atoms with Gasteiger partial charge in [-0.05, 0) is 38.7 Å². The van der Waals surface area contributed by atoms with Crippen molar-refractivity contribution in [3.05, 3.63) is 35.4 Å². The molecular formula is C14H21F3N2O. The predicted octanol–water partition coefficient (Wildman–Crippen LogP) is 2.28. The molecule has 2 atom stereocenters. The van der Waals surface area contributed by atoms with E-state index in [0.29, 0.717) is 6.54 Å². The highest BCUT2D eigenvalue weighted by Crippen LogP contribution is 2.30. The number of benzene rings is 1. The Morgan fingerprint density at radius 2 is 1.90 bits per heavy atom. The van der Waals surface area contributed by atoms with Crippen LogP contribution in [0.5, 0.6) is 0 Å². The van der Waals surface area contributed by atoms with E-state index < -0.39 is 17.8 Å². The minimum absolute atomic E-state index is 0.222. The molecule has 6 heteroatoms. The molecule has 1 aromatic rings. The largest absolute Gasteiger partial charge is 0.416 e. The first kappa shape index (κ1) is 16.9. The van der Waals surface area contributed by atoms with Crippen LogP contribution in [0.4, 0.5) is 13.2 Å². The molecule has 0 saturated carbocycles. The SMILES string of the molecule is CC(CNCC(O)c1cccc(C(F)(F)F)c1)N(C)C. The van der Waals surface area contributed by atoms with E-state index in [1.807, 2.05) is 25.9 Å². The van der Waals surface area contributed by atoms with Crippen LogP contribution < -0.4 is 5.32 Å². The number of hydrogen-bond donors (Lipinski definition) is 2. The lowest BCUT2D eigenvalue weighted by Gasteiger charge is -2.21. The van der Waals surface area contributed by atoms with Crippen LogP contribution in [0, 0.1) is 0 Å². The van der Waals surface area contributed by atoms with E-state index in [-0.39, 0.29) is 18.2 Å². The maximum atomic E-state index is 12.6. The van der Waals surface area contributed by atoms with Gasteiger partial charge >= 0.3 is 6.18 Å². The molecule has 3 nitrogen and oxygen atoms in total. The number of halogens is 3. The van der Waals surface area contributed by atoms with Gasteiger partial charge in [-0.15, -0.1) is 0 Å². The molecule has 0 heterocycles. The molecular weight excluding hydrogens is 269 g/mol. The Bertz CT molecular complexity index is 421. The molecule has 0 fully saturated rings. The third kappa shape index (κ3) is 5.11. The van der Waals surface area contributed by atoms with E-state index >= 15 is 0 Å². The van der Waals surface area contributed by atoms with Crippen LogP contribution in [0.1, 0.15) is 24.2 Å². The highest BCUT2D eigenvalue weighted by atomic mass is 19.4. The average molecular weight is 290 g/mol. The normalized spacial score (nSPS) is 15.4. The summed E-state index contributed by atoms with van der Waals surface area (Å²) >= 11 is 0. The Morgan fingerprint density at radius 3 is 2.45 bits per heavy atom. The van der Waals surface area contributed by atoms with Crippen molar-refractivity contribution in [3.8, 4) is 0 Å². The van der Waals surface area contributed by atoms with Crippen molar-refractivity contribution >= 4 is 0 Å². The maximum absolute atomic E-state index is 12.6. The number of hydrogen-bond acceptors (Lipinski definition) is 3. The number of rotatable bonds is 6. The molecule has 0 radical (unpaired) electrons. The monoisotopic (exact) mass is 290 g/mol. The van der Waals surface area contributed by atoms with Crippen molar-refractivity contribution in [1.82, 2.24) is 10.2 Å². The standard InChI is InChI=1S/C14H21F3N2O/c1-10(19(2)3)8-18-9-13(20)11-5-4-6-12(7-11)14(15,16)17/h4-7,10,13,18,20H,8-9H2,1-3H3. The van der Waals surface area contributed by atoms with E-state index in [1.54, 1.807) is 0 Å². The lowest BCUT2D eigenvalue weighted by molar-refractivity contribution is -0.137. The lowest BCUT2D eigenvalue weighted by atomic mass is 10.1. The number of aliphatic hydroxyl groups is 1. The highest BCUT2D eigenvalue weighted by molar-refractivity contribution is 5.27. The summed E-state index contributed by atoms with van der Waals surface area (Å²) in [6, 6.07) is 5.07. The molecule has 0 saturated heterocycles. The van der Waals surface area contributed by atoms with Crippen molar-refractivity contribution in [2.75, 3.05) is 27.2 Å². The summed E-state index contributed by atoms with van der Waals surface area (Å²) in [5, 5.41) is 13.0. The number of aliphatic hydroxyl groups excluding tert-OH is 1. The molecule has 2 N–H and O–H groups in total. The lowest BCUT2D eigenvalue weighted by Crippen LogP contribution is -2.37. The van der Waals surface area contributed by atoms with Crippen LogP contribution in [0.25, 0.3) is 0 Å². The van der Waals surface area contributed by atoms with Crippen LogP contribution in [0.2, 0.25) is 0 Å². The fraction of sp³-hybridized carbons (Fsp3) is 0.571. The van der Waals surface area contributed by atoms with E-state index in [9.17, 15) is 18.3 Å². The van der Waals surface area contributed by atoms with Gasteiger partial charge in [0.15, 0.2) is 0 Å². The number of likely N-dealkylation sites (N-methyl/N-ethyl adjacent to an activating group) is 1. The fourth-order valence-electron chi connectivity index (χ4n) is 1.65. The van der Waals surface area contributed by atoms with E-state index in [1.165, 1.54) is 12.1 Å². The molecule has 20 heavy (non-hydrogen) atoms. The summed E-state index contributed by atoms with van der Waals surface area (Å²) in [6.45, 7) is 2.90. The Kier molecular flexibility index (Phi) is 5.98. The van der Waals surface area contributed by atoms with Gasteiger partial charge in [-0.3, -0.25) is 0 Å². The van der Waals surface area contributed by atoms with E-state index in [2.05, 4.69) is 5.32 Å². The van der Waals surface area contributed by atoms with Crippen LogP contribution in [-0.2, 0) is 6.18 Å². The van der Waals surface area contributed by atoms with Gasteiger partial charge < -0.3 is 15.3 Å². The zero-order chi connectivity index (χ0) is 15.3. The number of nitrogens with one attached hydrogen (secondary N) is 1. The smallest absolute Gasteiger partial charge is 0.387 e. The molecule has 0 spiro atoms. The van der Waals surface area contributed by atoms with Gasteiger partial charge in [-0.2, -0.15) is 13.2 Å². The zero-order valence-corrected chi connectivity index (χ0v) is 11.9.